The van der Waals surface area contributed by atoms with Gasteiger partial charge in [-0.05, 0) is 19.3 Å². The van der Waals surface area contributed by atoms with Gasteiger partial charge in [0.2, 0.25) is 11.8 Å². The van der Waals surface area contributed by atoms with Gasteiger partial charge in [-0.25, -0.2) is 0 Å². The maximum absolute atomic E-state index is 13.8. The summed E-state index contributed by atoms with van der Waals surface area (Å²) in [5.41, 5.74) is 0. The lowest BCUT2D eigenvalue weighted by molar-refractivity contribution is -0.197. The molecule has 1 unspecified atom stereocenters. The summed E-state index contributed by atoms with van der Waals surface area (Å²) in [4.78, 5) is 39.6. The fraction of sp³-hybridized carbons (Fsp3) is 0.936. The molecule has 11 heteroatoms. The van der Waals surface area contributed by atoms with Gasteiger partial charge in [-0.1, -0.05) is 174 Å². The Morgan fingerprint density at radius 1 is 0.638 bits per heavy atom. The number of aliphatic hydroxyl groups excluding tert-OH is 3. The van der Waals surface area contributed by atoms with Gasteiger partial charge in [0.1, 0.15) is 24.4 Å². The van der Waals surface area contributed by atoms with Crippen molar-refractivity contribution in [3.8, 4) is 0 Å². The highest BCUT2D eigenvalue weighted by Gasteiger charge is 2.44. The number of amides is 2. The van der Waals surface area contributed by atoms with Gasteiger partial charge < -0.3 is 39.7 Å². The van der Waals surface area contributed by atoms with E-state index in [2.05, 4.69) is 19.2 Å². The first kappa shape index (κ1) is 54.2. The quantitative estimate of drug-likeness (QED) is 0.0351. The molecule has 1 heterocycles. The fourth-order valence-corrected chi connectivity index (χ4v) is 8.12. The molecule has 0 aromatic heterocycles. The number of rotatable bonds is 39. The van der Waals surface area contributed by atoms with Crippen LogP contribution in [0.3, 0.4) is 0 Å². The predicted octanol–water partition coefficient (Wildman–Crippen LogP) is 9.10. The Morgan fingerprint density at radius 3 is 1.52 bits per heavy atom. The Balaban J connectivity index is 2.64. The van der Waals surface area contributed by atoms with E-state index in [0.717, 1.165) is 32.1 Å². The van der Waals surface area contributed by atoms with Crippen molar-refractivity contribution in [2.75, 3.05) is 32.9 Å². The molecule has 342 valence electrons. The molecule has 1 aliphatic rings. The van der Waals surface area contributed by atoms with Gasteiger partial charge in [0.15, 0.2) is 0 Å². The first-order chi connectivity index (χ1) is 28.1. The van der Waals surface area contributed by atoms with Crippen molar-refractivity contribution in [1.29, 1.82) is 0 Å². The van der Waals surface area contributed by atoms with Crippen LogP contribution in [0.1, 0.15) is 214 Å². The van der Waals surface area contributed by atoms with Crippen LogP contribution in [-0.4, -0.2) is 107 Å². The van der Waals surface area contributed by atoms with Crippen molar-refractivity contribution < 1.29 is 43.9 Å². The lowest BCUT2D eigenvalue weighted by Gasteiger charge is -2.43. The average Bonchev–Trinajstić information content (AvgIpc) is 3.19. The van der Waals surface area contributed by atoms with Crippen LogP contribution in [0.5, 0.6) is 0 Å². The molecule has 0 spiro atoms. The van der Waals surface area contributed by atoms with Crippen molar-refractivity contribution >= 4 is 17.8 Å². The van der Waals surface area contributed by atoms with E-state index >= 15 is 0 Å². The van der Waals surface area contributed by atoms with Crippen molar-refractivity contribution in [2.45, 2.75) is 250 Å². The lowest BCUT2D eigenvalue weighted by atomic mass is 9.91. The summed E-state index contributed by atoms with van der Waals surface area (Å²) in [6.07, 6.45) is 29.1. The van der Waals surface area contributed by atoms with Gasteiger partial charge in [-0.2, -0.15) is 0 Å². The Labute approximate surface area is 354 Å². The molecular weight excluding hydrogens is 737 g/mol. The zero-order chi connectivity index (χ0) is 42.6. The number of nitrogens with one attached hydrogen (secondary N) is 1. The van der Waals surface area contributed by atoms with E-state index in [-0.39, 0.29) is 32.0 Å². The normalized spacial score (nSPS) is 19.9. The first-order valence-electron chi connectivity index (χ1n) is 24.1. The molecule has 4 N–H and O–H groups in total. The Hall–Kier alpha value is -1.79. The second-order valence-corrected chi connectivity index (χ2v) is 17.1. The van der Waals surface area contributed by atoms with Gasteiger partial charge in [-0.15, -0.1) is 0 Å². The highest BCUT2D eigenvalue weighted by atomic mass is 16.6. The van der Waals surface area contributed by atoms with Crippen molar-refractivity contribution in [3.05, 3.63) is 0 Å². The van der Waals surface area contributed by atoms with Crippen LogP contribution >= 0.6 is 0 Å². The largest absolute Gasteiger partial charge is 0.458 e. The Kier molecular flexibility index (Phi) is 34.6. The Morgan fingerprint density at radius 2 is 1.09 bits per heavy atom. The van der Waals surface area contributed by atoms with E-state index < -0.39 is 55.0 Å². The van der Waals surface area contributed by atoms with Gasteiger partial charge in [0.05, 0.1) is 31.9 Å². The highest BCUT2D eigenvalue weighted by molar-refractivity contribution is 5.76. The molecule has 58 heavy (non-hydrogen) atoms. The SMILES string of the molecule is CCCCCCCCCCCCCCCCOCC(CN(CC[C@@H]1O[C@H](CO)[C@@H](O)[C@H](O)[C@@H]1NC(C)=O)C(=O)CCCCCCCCCCCCCCC)OC(C)=O. The first-order valence-corrected chi connectivity index (χ1v) is 24.1. The lowest BCUT2D eigenvalue weighted by Crippen LogP contribution is -2.64. The molecule has 0 aromatic rings. The minimum atomic E-state index is -1.38. The van der Waals surface area contributed by atoms with Gasteiger partial charge in [-0.3, -0.25) is 14.4 Å². The van der Waals surface area contributed by atoms with Crippen LogP contribution in [-0.2, 0) is 28.6 Å². The molecule has 0 aliphatic carbocycles. The highest BCUT2D eigenvalue weighted by Crippen LogP contribution is 2.24. The molecule has 2 amide bonds. The molecule has 0 aromatic carbocycles. The van der Waals surface area contributed by atoms with Crippen molar-refractivity contribution in [2.24, 2.45) is 0 Å². The van der Waals surface area contributed by atoms with Gasteiger partial charge in [0, 0.05) is 33.4 Å². The van der Waals surface area contributed by atoms with Gasteiger partial charge in [0.25, 0.3) is 0 Å². The number of hydrogen-bond acceptors (Lipinski definition) is 9. The fourth-order valence-electron chi connectivity index (χ4n) is 8.12. The molecular formula is C47H90N2O9. The molecule has 0 saturated carbocycles. The zero-order valence-electron chi connectivity index (χ0n) is 37.7. The summed E-state index contributed by atoms with van der Waals surface area (Å²) < 4.78 is 17.6. The summed E-state index contributed by atoms with van der Waals surface area (Å²) in [5, 5.41) is 33.8. The second kappa shape index (κ2) is 37.0. The Bertz CT molecular complexity index is 1000. The monoisotopic (exact) mass is 827 g/mol. The molecule has 6 atom stereocenters. The van der Waals surface area contributed by atoms with E-state index in [0.29, 0.717) is 13.0 Å². The number of aliphatic hydroxyl groups is 3. The smallest absolute Gasteiger partial charge is 0.303 e. The maximum atomic E-state index is 13.8. The standard InChI is InChI=1S/C47H90N2O9/c1-5-7-9-11-13-15-17-19-21-23-25-27-29-31-35-56-38-41(57-40(4)52)36-49(34-33-42-45(48-39(3)51)47(55)46(54)43(37-50)58-42)44(53)32-30-28-26-24-22-20-18-16-14-12-10-8-6-2/h41-43,45-47,50,54-55H,5-38H2,1-4H3,(H,48,51)/t41?,42-,43+,45+,46+,47+/m0/s1. The molecule has 11 nitrogen and oxygen atoms in total. The molecule has 0 bridgehead atoms. The summed E-state index contributed by atoms with van der Waals surface area (Å²) in [6.45, 7) is 7.76. The van der Waals surface area contributed by atoms with Crippen LogP contribution in [0.25, 0.3) is 0 Å². The minimum absolute atomic E-state index is 0.0709. The average molecular weight is 827 g/mol. The van der Waals surface area contributed by atoms with E-state index in [4.69, 9.17) is 14.2 Å². The second-order valence-electron chi connectivity index (χ2n) is 17.1. The topological polar surface area (TPSA) is 155 Å². The number of ether oxygens (including phenoxy) is 3. The number of carbonyl (C=O) groups excluding carboxylic acids is 3. The van der Waals surface area contributed by atoms with Crippen LogP contribution in [0.15, 0.2) is 0 Å². The molecule has 1 fully saturated rings. The van der Waals surface area contributed by atoms with Crippen molar-refractivity contribution in [1.82, 2.24) is 10.2 Å². The number of carbonyl (C=O) groups is 3. The van der Waals surface area contributed by atoms with E-state index in [1.54, 1.807) is 4.90 Å². The third kappa shape index (κ3) is 27.9. The summed E-state index contributed by atoms with van der Waals surface area (Å²) >= 11 is 0. The van der Waals surface area contributed by atoms with Crippen LogP contribution in [0.4, 0.5) is 0 Å². The zero-order valence-corrected chi connectivity index (χ0v) is 37.7. The molecule has 1 rings (SSSR count). The molecule has 1 aliphatic heterocycles. The molecule has 1 saturated heterocycles. The van der Waals surface area contributed by atoms with Crippen LogP contribution < -0.4 is 5.32 Å². The van der Waals surface area contributed by atoms with Crippen molar-refractivity contribution in [3.63, 3.8) is 0 Å². The number of unbranched alkanes of at least 4 members (excludes halogenated alkanes) is 25. The number of hydrogen-bond donors (Lipinski definition) is 4. The third-order valence-electron chi connectivity index (χ3n) is 11.6. The molecule has 0 radical (unpaired) electrons. The minimum Gasteiger partial charge on any atom is -0.458 e. The summed E-state index contributed by atoms with van der Waals surface area (Å²) in [7, 11) is 0. The summed E-state index contributed by atoms with van der Waals surface area (Å²) in [5.74, 6) is -0.912. The van der Waals surface area contributed by atoms with Gasteiger partial charge >= 0.3 is 5.97 Å². The van der Waals surface area contributed by atoms with Crippen LogP contribution in [0.2, 0.25) is 0 Å². The third-order valence-corrected chi connectivity index (χ3v) is 11.6. The van der Waals surface area contributed by atoms with E-state index in [1.807, 2.05) is 0 Å². The number of esters is 1. The van der Waals surface area contributed by atoms with E-state index in [9.17, 15) is 29.7 Å². The maximum Gasteiger partial charge on any atom is 0.303 e. The predicted molar refractivity (Wildman–Crippen MR) is 234 cm³/mol. The summed E-state index contributed by atoms with van der Waals surface area (Å²) in [6, 6.07) is -0.925. The number of nitrogens with zero attached hydrogens (tertiary/aromatic N) is 1. The van der Waals surface area contributed by atoms with Crippen LogP contribution in [0, 0.1) is 0 Å². The van der Waals surface area contributed by atoms with E-state index in [1.165, 1.54) is 155 Å².